The molecule has 0 bridgehead atoms. The van der Waals surface area contributed by atoms with Crippen molar-refractivity contribution in [1.82, 2.24) is 0 Å². The van der Waals surface area contributed by atoms with E-state index in [4.69, 9.17) is 5.73 Å². The van der Waals surface area contributed by atoms with E-state index in [9.17, 15) is 10.1 Å². The molecule has 4 nitrogen and oxygen atoms in total. The molecule has 0 spiro atoms. The minimum atomic E-state index is -0.373. The molecule has 2 unspecified atom stereocenters. The monoisotopic (exact) mass is 348 g/mol. The third-order valence-corrected chi connectivity index (χ3v) is 3.77. The third kappa shape index (κ3) is 3.38. The molecule has 0 fully saturated rings. The van der Waals surface area contributed by atoms with Crippen LogP contribution >= 0.6 is 22.6 Å². The zero-order valence-corrected chi connectivity index (χ0v) is 12.3. The summed E-state index contributed by atoms with van der Waals surface area (Å²) in [6.07, 6.45) is 0. The van der Waals surface area contributed by atoms with Gasteiger partial charge in [-0.1, -0.05) is 19.9 Å². The molecule has 0 saturated carbocycles. The largest absolute Gasteiger partial charge is 0.327 e. The number of rotatable bonds is 4. The summed E-state index contributed by atoms with van der Waals surface area (Å²) in [4.78, 5) is 10.3. The number of benzene rings is 1. The van der Waals surface area contributed by atoms with Crippen molar-refractivity contribution in [2.45, 2.75) is 32.7 Å². The van der Waals surface area contributed by atoms with Gasteiger partial charge < -0.3 is 5.73 Å². The Bertz CT molecular complexity index is 411. The Hall–Kier alpha value is -0.690. The van der Waals surface area contributed by atoms with Gasteiger partial charge in [-0.2, -0.15) is 0 Å². The van der Waals surface area contributed by atoms with Crippen LogP contribution in [0.5, 0.6) is 0 Å². The molecule has 94 valence electrons. The van der Waals surface area contributed by atoms with Crippen LogP contribution < -0.4 is 5.73 Å². The van der Waals surface area contributed by atoms with Crippen molar-refractivity contribution in [3.05, 3.63) is 37.4 Å². The molecule has 0 saturated heterocycles. The summed E-state index contributed by atoms with van der Waals surface area (Å²) < 4.78 is 0.910. The maximum Gasteiger partial charge on any atom is 0.270 e. The summed E-state index contributed by atoms with van der Waals surface area (Å²) in [5.74, 6) is 0.632. The summed E-state index contributed by atoms with van der Waals surface area (Å²) in [6.45, 7) is 6.21. The average molecular weight is 348 g/mol. The SMILES string of the molecule is CC(C)C(c1ccc([N+](=O)[O-])cc1I)C(C)N. The van der Waals surface area contributed by atoms with Crippen LogP contribution in [0, 0.1) is 19.6 Å². The first-order chi connectivity index (χ1) is 7.84. The van der Waals surface area contributed by atoms with Gasteiger partial charge in [0, 0.05) is 27.7 Å². The number of nitrogens with two attached hydrogens (primary N) is 1. The first-order valence-electron chi connectivity index (χ1n) is 5.54. The Morgan fingerprint density at radius 1 is 1.35 bits per heavy atom. The van der Waals surface area contributed by atoms with E-state index in [1.54, 1.807) is 12.1 Å². The molecule has 0 aromatic heterocycles. The Balaban J connectivity index is 3.18. The van der Waals surface area contributed by atoms with Crippen LogP contribution in [-0.4, -0.2) is 11.0 Å². The van der Waals surface area contributed by atoms with Gasteiger partial charge in [0.15, 0.2) is 0 Å². The van der Waals surface area contributed by atoms with E-state index < -0.39 is 0 Å². The highest BCUT2D eigenvalue weighted by molar-refractivity contribution is 14.1. The van der Waals surface area contributed by atoms with E-state index >= 15 is 0 Å². The molecule has 17 heavy (non-hydrogen) atoms. The second kappa shape index (κ2) is 5.77. The van der Waals surface area contributed by atoms with E-state index in [1.165, 1.54) is 0 Å². The molecular formula is C12H17IN2O2. The summed E-state index contributed by atoms with van der Waals surface area (Å²) in [5, 5.41) is 10.7. The molecule has 2 atom stereocenters. The van der Waals surface area contributed by atoms with Crippen LogP contribution in [0.1, 0.15) is 32.3 Å². The number of halogens is 1. The van der Waals surface area contributed by atoms with Crippen LogP contribution in [0.3, 0.4) is 0 Å². The number of nitrogens with zero attached hydrogens (tertiary/aromatic N) is 1. The highest BCUT2D eigenvalue weighted by Crippen LogP contribution is 2.32. The van der Waals surface area contributed by atoms with Gasteiger partial charge in [-0.25, -0.2) is 0 Å². The molecule has 1 aromatic rings. The van der Waals surface area contributed by atoms with Gasteiger partial charge in [0.05, 0.1) is 4.92 Å². The molecule has 0 radical (unpaired) electrons. The lowest BCUT2D eigenvalue weighted by Crippen LogP contribution is -2.29. The summed E-state index contributed by atoms with van der Waals surface area (Å²) in [5.41, 5.74) is 7.23. The molecular weight excluding hydrogens is 331 g/mol. The zero-order chi connectivity index (χ0) is 13.2. The Kier molecular flexibility index (Phi) is 4.88. The molecule has 0 aliphatic carbocycles. The van der Waals surface area contributed by atoms with Crippen molar-refractivity contribution in [2.75, 3.05) is 0 Å². The standard InChI is InChI=1S/C12H17IN2O2/c1-7(2)12(8(3)14)10-5-4-9(15(16)17)6-11(10)13/h4-8,12H,14H2,1-3H3. The van der Waals surface area contributed by atoms with Crippen LogP contribution in [0.4, 0.5) is 5.69 Å². The topological polar surface area (TPSA) is 69.2 Å². The summed E-state index contributed by atoms with van der Waals surface area (Å²) in [7, 11) is 0. The first-order valence-corrected chi connectivity index (χ1v) is 6.62. The maximum absolute atomic E-state index is 10.7. The van der Waals surface area contributed by atoms with Crippen molar-refractivity contribution in [3.8, 4) is 0 Å². The molecule has 0 aliphatic heterocycles. The van der Waals surface area contributed by atoms with Crippen LogP contribution in [-0.2, 0) is 0 Å². The fourth-order valence-corrected chi connectivity index (χ4v) is 3.01. The van der Waals surface area contributed by atoms with Crippen molar-refractivity contribution >= 4 is 28.3 Å². The average Bonchev–Trinajstić information content (AvgIpc) is 2.19. The van der Waals surface area contributed by atoms with Gasteiger partial charge in [-0.3, -0.25) is 10.1 Å². The predicted octanol–water partition coefficient (Wildman–Crippen LogP) is 3.29. The van der Waals surface area contributed by atoms with E-state index in [1.807, 2.05) is 13.0 Å². The second-order valence-corrected chi connectivity index (χ2v) is 5.75. The van der Waals surface area contributed by atoms with Crippen molar-refractivity contribution < 1.29 is 4.92 Å². The smallest absolute Gasteiger partial charge is 0.270 e. The first kappa shape index (κ1) is 14.4. The van der Waals surface area contributed by atoms with Crippen molar-refractivity contribution in [1.29, 1.82) is 0 Å². The molecule has 1 rings (SSSR count). The Morgan fingerprint density at radius 3 is 2.29 bits per heavy atom. The van der Waals surface area contributed by atoms with Crippen LogP contribution in [0.15, 0.2) is 18.2 Å². The lowest BCUT2D eigenvalue weighted by atomic mass is 9.83. The van der Waals surface area contributed by atoms with E-state index in [0.717, 1.165) is 9.13 Å². The van der Waals surface area contributed by atoms with Crippen LogP contribution in [0.25, 0.3) is 0 Å². The molecule has 2 N–H and O–H groups in total. The second-order valence-electron chi connectivity index (χ2n) is 4.59. The molecule has 0 heterocycles. The number of non-ortho nitro benzene ring substituents is 1. The normalized spacial score (nSPS) is 14.7. The quantitative estimate of drug-likeness (QED) is 0.516. The highest BCUT2D eigenvalue weighted by atomic mass is 127. The minimum absolute atomic E-state index is 0.0324. The highest BCUT2D eigenvalue weighted by Gasteiger charge is 2.23. The molecule has 1 aromatic carbocycles. The number of nitro benzene ring substituents is 1. The van der Waals surface area contributed by atoms with Crippen molar-refractivity contribution in [3.63, 3.8) is 0 Å². The predicted molar refractivity (Wildman–Crippen MR) is 77.0 cm³/mol. The molecule has 0 aliphatic rings. The lowest BCUT2D eigenvalue weighted by molar-refractivity contribution is -0.385. The van der Waals surface area contributed by atoms with Gasteiger partial charge >= 0.3 is 0 Å². The van der Waals surface area contributed by atoms with Gasteiger partial charge in [0.25, 0.3) is 5.69 Å². The van der Waals surface area contributed by atoms with Gasteiger partial charge in [-0.15, -0.1) is 0 Å². The molecule has 5 heteroatoms. The van der Waals surface area contributed by atoms with Gasteiger partial charge in [0.1, 0.15) is 0 Å². The van der Waals surface area contributed by atoms with Crippen LogP contribution in [0.2, 0.25) is 0 Å². The zero-order valence-electron chi connectivity index (χ0n) is 10.2. The van der Waals surface area contributed by atoms with Gasteiger partial charge in [-0.05, 0) is 41.0 Å². The van der Waals surface area contributed by atoms with Gasteiger partial charge in [0.2, 0.25) is 0 Å². The Labute approximate surface area is 115 Å². The van der Waals surface area contributed by atoms with E-state index in [0.29, 0.717) is 5.92 Å². The number of hydrogen-bond donors (Lipinski definition) is 1. The summed E-state index contributed by atoms with van der Waals surface area (Å²) >= 11 is 2.14. The van der Waals surface area contributed by atoms with Crippen molar-refractivity contribution in [2.24, 2.45) is 11.7 Å². The Morgan fingerprint density at radius 2 is 1.94 bits per heavy atom. The maximum atomic E-state index is 10.7. The summed E-state index contributed by atoms with van der Waals surface area (Å²) in [6, 6.07) is 5.02. The third-order valence-electron chi connectivity index (χ3n) is 2.84. The number of nitro groups is 1. The van der Waals surface area contributed by atoms with E-state index in [-0.39, 0.29) is 22.6 Å². The number of hydrogen-bond acceptors (Lipinski definition) is 3. The lowest BCUT2D eigenvalue weighted by Gasteiger charge is -2.26. The fraction of sp³-hybridized carbons (Fsp3) is 0.500. The van der Waals surface area contributed by atoms with E-state index in [2.05, 4.69) is 36.4 Å². The minimum Gasteiger partial charge on any atom is -0.327 e. The fourth-order valence-electron chi connectivity index (χ4n) is 2.15. The molecule has 0 amide bonds.